The molecule has 2 N–H and O–H groups in total. The summed E-state index contributed by atoms with van der Waals surface area (Å²) in [7, 11) is 1.58. The van der Waals surface area contributed by atoms with Crippen LogP contribution in [0, 0.1) is 17.0 Å². The molecule has 2 rings (SSSR count). The summed E-state index contributed by atoms with van der Waals surface area (Å²) < 4.78 is 0. The molecule has 0 spiro atoms. The van der Waals surface area contributed by atoms with Crippen LogP contribution in [0.1, 0.15) is 5.56 Å². The van der Waals surface area contributed by atoms with Gasteiger partial charge in [-0.25, -0.2) is 4.98 Å². The largest absolute Gasteiger partial charge is 0.367 e. The van der Waals surface area contributed by atoms with E-state index >= 15 is 0 Å². The van der Waals surface area contributed by atoms with E-state index in [9.17, 15) is 10.1 Å². The zero-order chi connectivity index (χ0) is 13.8. The van der Waals surface area contributed by atoms with Crippen LogP contribution in [0.3, 0.4) is 0 Å². The number of nitrogens with zero attached hydrogens (tertiary/aromatic N) is 3. The Morgan fingerprint density at radius 2 is 2.05 bits per heavy atom. The Morgan fingerprint density at radius 1 is 1.32 bits per heavy atom. The number of aryl methyl sites for hydroxylation is 1. The molecule has 0 fully saturated rings. The maximum absolute atomic E-state index is 10.8. The van der Waals surface area contributed by atoms with Gasteiger partial charge in [0.05, 0.1) is 4.92 Å². The van der Waals surface area contributed by atoms with Crippen LogP contribution >= 0.6 is 0 Å². The summed E-state index contributed by atoms with van der Waals surface area (Å²) in [4.78, 5) is 18.3. The molecule has 0 aliphatic rings. The van der Waals surface area contributed by atoms with Gasteiger partial charge in [-0.05, 0) is 18.6 Å². The second-order valence-corrected chi connectivity index (χ2v) is 3.87. The first kappa shape index (κ1) is 12.7. The maximum Gasteiger partial charge on any atom is 0.329 e. The zero-order valence-electron chi connectivity index (χ0n) is 10.5. The van der Waals surface area contributed by atoms with Crippen molar-refractivity contribution in [1.82, 2.24) is 9.97 Å². The predicted octanol–water partition coefficient (Wildman–Crippen LogP) is 2.48. The molecule has 2 aromatic rings. The Balaban J connectivity index is 2.32. The van der Waals surface area contributed by atoms with Crippen molar-refractivity contribution in [3.63, 3.8) is 0 Å². The molecule has 0 amide bonds. The van der Waals surface area contributed by atoms with Crippen LogP contribution in [0.15, 0.2) is 30.5 Å². The fraction of sp³-hybridized carbons (Fsp3) is 0.167. The number of nitrogens with one attached hydrogen (secondary N) is 2. The minimum Gasteiger partial charge on any atom is -0.367 e. The van der Waals surface area contributed by atoms with E-state index in [1.54, 1.807) is 7.05 Å². The van der Waals surface area contributed by atoms with Crippen LogP contribution in [-0.2, 0) is 0 Å². The van der Waals surface area contributed by atoms with Crippen LogP contribution in [0.2, 0.25) is 0 Å². The molecule has 19 heavy (non-hydrogen) atoms. The molecule has 7 nitrogen and oxygen atoms in total. The molecular weight excluding hydrogens is 246 g/mol. The highest BCUT2D eigenvalue weighted by atomic mass is 16.6. The van der Waals surface area contributed by atoms with Crippen LogP contribution in [0.25, 0.3) is 0 Å². The monoisotopic (exact) mass is 259 g/mol. The van der Waals surface area contributed by atoms with Gasteiger partial charge in [-0.3, -0.25) is 10.1 Å². The summed E-state index contributed by atoms with van der Waals surface area (Å²) in [5, 5.41) is 16.5. The van der Waals surface area contributed by atoms with E-state index in [0.717, 1.165) is 11.3 Å². The lowest BCUT2D eigenvalue weighted by Gasteiger charge is -2.08. The van der Waals surface area contributed by atoms with E-state index in [-0.39, 0.29) is 11.5 Å². The average Bonchev–Trinajstić information content (AvgIpc) is 2.41. The van der Waals surface area contributed by atoms with Crippen molar-refractivity contribution >= 4 is 23.1 Å². The number of anilines is 3. The summed E-state index contributed by atoms with van der Waals surface area (Å²) in [5.74, 6) is 0.486. The second kappa shape index (κ2) is 5.30. The van der Waals surface area contributed by atoms with Crippen LogP contribution in [-0.4, -0.2) is 21.9 Å². The Bertz CT molecular complexity index is 615. The van der Waals surface area contributed by atoms with Gasteiger partial charge in [0.1, 0.15) is 6.20 Å². The Labute approximate surface area is 109 Å². The first-order valence-electron chi connectivity index (χ1n) is 5.63. The summed E-state index contributed by atoms with van der Waals surface area (Å²) in [6.07, 6.45) is 1.18. The first-order valence-corrected chi connectivity index (χ1v) is 5.63. The van der Waals surface area contributed by atoms with E-state index in [4.69, 9.17) is 0 Å². The second-order valence-electron chi connectivity index (χ2n) is 3.87. The molecule has 0 unspecified atom stereocenters. The average molecular weight is 259 g/mol. The highest BCUT2D eigenvalue weighted by molar-refractivity contribution is 5.62. The Hall–Kier alpha value is -2.70. The molecule has 98 valence electrons. The first-order chi connectivity index (χ1) is 9.11. The van der Waals surface area contributed by atoms with Gasteiger partial charge in [0.15, 0.2) is 0 Å². The Kier molecular flexibility index (Phi) is 3.56. The van der Waals surface area contributed by atoms with Crippen molar-refractivity contribution in [3.05, 3.63) is 46.1 Å². The van der Waals surface area contributed by atoms with E-state index in [2.05, 4.69) is 20.6 Å². The topological polar surface area (TPSA) is 93.0 Å². The van der Waals surface area contributed by atoms with Gasteiger partial charge in [0.2, 0.25) is 11.8 Å². The molecule has 0 aliphatic carbocycles. The summed E-state index contributed by atoms with van der Waals surface area (Å²) in [6, 6.07) is 7.65. The lowest BCUT2D eigenvalue weighted by Crippen LogP contribution is -2.04. The summed E-state index contributed by atoms with van der Waals surface area (Å²) in [5.41, 5.74) is 1.74. The lowest BCUT2D eigenvalue weighted by atomic mass is 10.2. The molecule has 0 radical (unpaired) electrons. The third-order valence-corrected chi connectivity index (χ3v) is 2.59. The molecule has 0 saturated heterocycles. The van der Waals surface area contributed by atoms with Crippen LogP contribution in [0.4, 0.5) is 23.1 Å². The number of hydrogen-bond acceptors (Lipinski definition) is 6. The van der Waals surface area contributed by atoms with Gasteiger partial charge in [-0.2, -0.15) is 4.98 Å². The minimum atomic E-state index is -0.524. The molecule has 1 heterocycles. The molecule has 0 bridgehead atoms. The highest BCUT2D eigenvalue weighted by Gasteiger charge is 2.16. The third-order valence-electron chi connectivity index (χ3n) is 2.59. The summed E-state index contributed by atoms with van der Waals surface area (Å²) >= 11 is 0. The van der Waals surface area contributed by atoms with Crippen molar-refractivity contribution in [2.75, 3.05) is 17.7 Å². The van der Waals surface area contributed by atoms with Crippen molar-refractivity contribution in [1.29, 1.82) is 0 Å². The zero-order valence-corrected chi connectivity index (χ0v) is 10.5. The van der Waals surface area contributed by atoms with Gasteiger partial charge in [0, 0.05) is 12.7 Å². The molecule has 7 heteroatoms. The number of nitro groups is 1. The number of hydrogen-bond donors (Lipinski definition) is 2. The number of para-hydroxylation sites is 1. The molecule has 0 saturated carbocycles. The van der Waals surface area contributed by atoms with Gasteiger partial charge in [-0.1, -0.05) is 18.2 Å². The third kappa shape index (κ3) is 2.76. The van der Waals surface area contributed by atoms with Gasteiger partial charge in [-0.15, -0.1) is 0 Å². The van der Waals surface area contributed by atoms with Crippen LogP contribution < -0.4 is 10.6 Å². The van der Waals surface area contributed by atoms with E-state index in [1.165, 1.54) is 6.20 Å². The lowest BCUT2D eigenvalue weighted by molar-refractivity contribution is -0.384. The molecule has 1 aromatic carbocycles. The van der Waals surface area contributed by atoms with Gasteiger partial charge in [0.25, 0.3) is 0 Å². The predicted molar refractivity (Wildman–Crippen MR) is 72.7 cm³/mol. The highest BCUT2D eigenvalue weighted by Crippen LogP contribution is 2.23. The van der Waals surface area contributed by atoms with Gasteiger partial charge >= 0.3 is 5.69 Å². The number of rotatable bonds is 4. The molecular formula is C12H13N5O2. The van der Waals surface area contributed by atoms with Crippen molar-refractivity contribution in [3.8, 4) is 0 Å². The van der Waals surface area contributed by atoms with Crippen LogP contribution in [0.5, 0.6) is 0 Å². The van der Waals surface area contributed by atoms with Crippen molar-refractivity contribution in [2.45, 2.75) is 6.92 Å². The molecule has 0 atom stereocenters. The number of benzene rings is 1. The molecule has 0 aliphatic heterocycles. The fourth-order valence-electron chi connectivity index (χ4n) is 1.59. The maximum atomic E-state index is 10.8. The smallest absolute Gasteiger partial charge is 0.329 e. The van der Waals surface area contributed by atoms with Crippen molar-refractivity contribution < 1.29 is 4.92 Å². The fourth-order valence-corrected chi connectivity index (χ4v) is 1.59. The standard InChI is InChI=1S/C12H13N5O2/c1-8-5-3-4-6-9(8)15-12-14-7-10(17(18)19)11(13-2)16-12/h3-7H,1-2H3,(H2,13,14,15,16). The normalized spacial score (nSPS) is 10.0. The SMILES string of the molecule is CNc1nc(Nc2ccccc2C)ncc1[N+](=O)[O-]. The minimum absolute atomic E-state index is 0.155. The summed E-state index contributed by atoms with van der Waals surface area (Å²) in [6.45, 7) is 1.95. The Morgan fingerprint density at radius 3 is 2.68 bits per heavy atom. The van der Waals surface area contributed by atoms with Crippen molar-refractivity contribution in [2.24, 2.45) is 0 Å². The van der Waals surface area contributed by atoms with E-state index in [1.807, 2.05) is 31.2 Å². The van der Waals surface area contributed by atoms with Gasteiger partial charge < -0.3 is 10.6 Å². The van der Waals surface area contributed by atoms with E-state index in [0.29, 0.717) is 5.95 Å². The van der Waals surface area contributed by atoms with E-state index < -0.39 is 4.92 Å². The number of aromatic nitrogens is 2. The quantitative estimate of drug-likeness (QED) is 0.647. The molecule has 1 aromatic heterocycles.